The van der Waals surface area contributed by atoms with E-state index in [4.69, 9.17) is 4.74 Å². The summed E-state index contributed by atoms with van der Waals surface area (Å²) in [5.41, 5.74) is 0.0711. The maximum atomic E-state index is 11.4. The SMILES string of the molecule is CCC(CC)C(=O)OCC(C)(C)C. The lowest BCUT2D eigenvalue weighted by Crippen LogP contribution is -2.23. The monoisotopic (exact) mass is 186 g/mol. The third-order valence-corrected chi connectivity index (χ3v) is 1.97. The molecule has 78 valence electrons. The van der Waals surface area contributed by atoms with E-state index >= 15 is 0 Å². The van der Waals surface area contributed by atoms with E-state index < -0.39 is 0 Å². The molecular formula is C11H22O2. The molecule has 0 spiro atoms. The quantitative estimate of drug-likeness (QED) is 0.631. The highest BCUT2D eigenvalue weighted by Crippen LogP contribution is 2.16. The predicted molar refractivity (Wildman–Crippen MR) is 54.5 cm³/mol. The summed E-state index contributed by atoms with van der Waals surface area (Å²) < 4.78 is 5.21. The Balaban J connectivity index is 3.86. The second-order valence-electron chi connectivity index (χ2n) is 4.68. The molecule has 0 heterocycles. The van der Waals surface area contributed by atoms with Gasteiger partial charge in [-0.1, -0.05) is 34.6 Å². The van der Waals surface area contributed by atoms with Crippen molar-refractivity contribution < 1.29 is 9.53 Å². The fourth-order valence-corrected chi connectivity index (χ4v) is 1.03. The third kappa shape index (κ3) is 5.67. The van der Waals surface area contributed by atoms with Crippen molar-refractivity contribution in [3.63, 3.8) is 0 Å². The normalized spacial score (nSPS) is 11.8. The van der Waals surface area contributed by atoms with E-state index in [0.717, 1.165) is 12.8 Å². The van der Waals surface area contributed by atoms with E-state index in [9.17, 15) is 4.79 Å². The summed E-state index contributed by atoms with van der Waals surface area (Å²) in [5, 5.41) is 0. The van der Waals surface area contributed by atoms with Crippen LogP contribution in [0.5, 0.6) is 0 Å². The number of rotatable bonds is 4. The Labute approximate surface area is 81.7 Å². The Kier molecular flexibility index (Phi) is 5.04. The number of ether oxygens (including phenoxy) is 1. The number of esters is 1. The van der Waals surface area contributed by atoms with Crippen LogP contribution in [-0.2, 0) is 9.53 Å². The maximum absolute atomic E-state index is 11.4. The summed E-state index contributed by atoms with van der Waals surface area (Å²) in [7, 11) is 0. The van der Waals surface area contributed by atoms with E-state index in [1.165, 1.54) is 0 Å². The van der Waals surface area contributed by atoms with Gasteiger partial charge in [0.15, 0.2) is 0 Å². The molecular weight excluding hydrogens is 164 g/mol. The second-order valence-corrected chi connectivity index (χ2v) is 4.68. The van der Waals surface area contributed by atoms with Crippen LogP contribution in [0.4, 0.5) is 0 Å². The summed E-state index contributed by atoms with van der Waals surface area (Å²) in [4.78, 5) is 11.4. The zero-order chi connectivity index (χ0) is 10.5. The molecule has 0 rings (SSSR count). The zero-order valence-electron chi connectivity index (χ0n) is 9.52. The largest absolute Gasteiger partial charge is 0.465 e. The van der Waals surface area contributed by atoms with Crippen LogP contribution < -0.4 is 0 Å². The first-order valence-corrected chi connectivity index (χ1v) is 5.07. The van der Waals surface area contributed by atoms with Crippen molar-refractivity contribution >= 4 is 5.97 Å². The van der Waals surface area contributed by atoms with E-state index in [2.05, 4.69) is 20.8 Å². The van der Waals surface area contributed by atoms with Crippen LogP contribution >= 0.6 is 0 Å². The van der Waals surface area contributed by atoms with Gasteiger partial charge in [-0.2, -0.15) is 0 Å². The van der Waals surface area contributed by atoms with Crippen molar-refractivity contribution in [2.24, 2.45) is 11.3 Å². The molecule has 0 unspecified atom stereocenters. The molecule has 0 fully saturated rings. The van der Waals surface area contributed by atoms with Crippen molar-refractivity contribution in [3.05, 3.63) is 0 Å². The molecule has 0 aromatic rings. The van der Waals surface area contributed by atoms with E-state index in [1.807, 2.05) is 13.8 Å². The van der Waals surface area contributed by atoms with E-state index in [-0.39, 0.29) is 17.3 Å². The highest BCUT2D eigenvalue weighted by Gasteiger charge is 2.19. The molecule has 0 aromatic carbocycles. The minimum absolute atomic E-state index is 0.0417. The van der Waals surface area contributed by atoms with Gasteiger partial charge in [0.1, 0.15) is 0 Å². The molecule has 0 bridgehead atoms. The molecule has 0 aliphatic heterocycles. The van der Waals surface area contributed by atoms with Gasteiger partial charge in [0, 0.05) is 0 Å². The summed E-state index contributed by atoms with van der Waals surface area (Å²) >= 11 is 0. The molecule has 2 nitrogen and oxygen atoms in total. The molecule has 0 N–H and O–H groups in total. The standard InChI is InChI=1S/C11H22O2/c1-6-9(7-2)10(12)13-8-11(3,4)5/h9H,6-8H2,1-5H3. The first-order chi connectivity index (χ1) is 5.90. The average molecular weight is 186 g/mol. The minimum atomic E-state index is -0.0417. The van der Waals surface area contributed by atoms with Crippen LogP contribution in [0.1, 0.15) is 47.5 Å². The summed E-state index contributed by atoms with van der Waals surface area (Å²) in [6.45, 7) is 10.7. The van der Waals surface area contributed by atoms with Gasteiger partial charge in [0.25, 0.3) is 0 Å². The lowest BCUT2D eigenvalue weighted by molar-refractivity contribution is -0.151. The van der Waals surface area contributed by atoms with Gasteiger partial charge in [-0.3, -0.25) is 4.79 Å². The number of hydrogen-bond donors (Lipinski definition) is 0. The first-order valence-electron chi connectivity index (χ1n) is 5.07. The van der Waals surface area contributed by atoms with Crippen molar-refractivity contribution in [3.8, 4) is 0 Å². The summed E-state index contributed by atoms with van der Waals surface area (Å²) in [5.74, 6) is 0.0438. The van der Waals surface area contributed by atoms with Crippen LogP contribution in [0.25, 0.3) is 0 Å². The molecule has 2 heteroatoms. The topological polar surface area (TPSA) is 26.3 Å². The van der Waals surface area contributed by atoms with Gasteiger partial charge in [0.05, 0.1) is 12.5 Å². The van der Waals surface area contributed by atoms with Gasteiger partial charge in [0.2, 0.25) is 0 Å². The Morgan fingerprint density at radius 1 is 1.23 bits per heavy atom. The van der Waals surface area contributed by atoms with Crippen LogP contribution in [0.15, 0.2) is 0 Å². The Morgan fingerprint density at radius 2 is 1.69 bits per heavy atom. The lowest BCUT2D eigenvalue weighted by atomic mass is 9.98. The fourth-order valence-electron chi connectivity index (χ4n) is 1.03. The van der Waals surface area contributed by atoms with Crippen LogP contribution in [0.2, 0.25) is 0 Å². The highest BCUT2D eigenvalue weighted by atomic mass is 16.5. The van der Waals surface area contributed by atoms with Crippen molar-refractivity contribution in [1.29, 1.82) is 0 Å². The maximum Gasteiger partial charge on any atom is 0.308 e. The Bertz CT molecular complexity index is 152. The molecule has 0 saturated heterocycles. The fraction of sp³-hybridized carbons (Fsp3) is 0.909. The lowest BCUT2D eigenvalue weighted by Gasteiger charge is -2.20. The summed E-state index contributed by atoms with van der Waals surface area (Å²) in [6.07, 6.45) is 1.75. The third-order valence-electron chi connectivity index (χ3n) is 1.97. The van der Waals surface area contributed by atoms with Crippen molar-refractivity contribution in [2.75, 3.05) is 6.61 Å². The molecule has 0 aliphatic rings. The number of carbonyl (C=O) groups excluding carboxylic acids is 1. The van der Waals surface area contributed by atoms with Crippen LogP contribution in [0.3, 0.4) is 0 Å². The van der Waals surface area contributed by atoms with Gasteiger partial charge >= 0.3 is 5.97 Å². The number of carbonyl (C=O) groups is 1. The first kappa shape index (κ1) is 12.5. The molecule has 0 aromatic heterocycles. The van der Waals surface area contributed by atoms with Crippen molar-refractivity contribution in [1.82, 2.24) is 0 Å². The second kappa shape index (κ2) is 5.25. The molecule has 0 amide bonds. The van der Waals surface area contributed by atoms with Gasteiger partial charge in [-0.15, -0.1) is 0 Å². The average Bonchev–Trinajstić information content (AvgIpc) is 2.02. The molecule has 0 radical (unpaired) electrons. The van der Waals surface area contributed by atoms with Gasteiger partial charge in [-0.25, -0.2) is 0 Å². The van der Waals surface area contributed by atoms with E-state index in [0.29, 0.717) is 6.61 Å². The highest BCUT2D eigenvalue weighted by molar-refractivity contribution is 5.72. The summed E-state index contributed by atoms with van der Waals surface area (Å²) in [6, 6.07) is 0. The van der Waals surface area contributed by atoms with Gasteiger partial charge in [-0.05, 0) is 18.3 Å². The minimum Gasteiger partial charge on any atom is -0.465 e. The predicted octanol–water partition coefficient (Wildman–Crippen LogP) is 3.01. The molecule has 13 heavy (non-hydrogen) atoms. The van der Waals surface area contributed by atoms with Crippen molar-refractivity contribution in [2.45, 2.75) is 47.5 Å². The Hall–Kier alpha value is -0.530. The molecule has 0 saturated carbocycles. The zero-order valence-corrected chi connectivity index (χ0v) is 9.52. The smallest absolute Gasteiger partial charge is 0.308 e. The van der Waals surface area contributed by atoms with E-state index in [1.54, 1.807) is 0 Å². The Morgan fingerprint density at radius 3 is 2.00 bits per heavy atom. The molecule has 0 atom stereocenters. The molecule has 0 aliphatic carbocycles. The van der Waals surface area contributed by atoms with Crippen LogP contribution in [0, 0.1) is 11.3 Å². The number of hydrogen-bond acceptors (Lipinski definition) is 2. The van der Waals surface area contributed by atoms with Crippen LogP contribution in [-0.4, -0.2) is 12.6 Å². The van der Waals surface area contributed by atoms with Gasteiger partial charge < -0.3 is 4.74 Å².